The first kappa shape index (κ1) is 24.4. The Bertz CT molecular complexity index is 976. The molecule has 3 N–H and O–H groups in total. The molecule has 0 saturated carbocycles. The van der Waals surface area contributed by atoms with Gasteiger partial charge in [0.05, 0.1) is 19.8 Å². The van der Waals surface area contributed by atoms with Gasteiger partial charge in [-0.25, -0.2) is 13.2 Å². The second kappa shape index (κ2) is 9.87. The second-order valence-electron chi connectivity index (χ2n) is 8.98. The fraction of sp³-hybridized carbons (Fsp3) is 0.667. The van der Waals surface area contributed by atoms with Crippen LogP contribution < -0.4 is 10.5 Å². The third-order valence-corrected chi connectivity index (χ3v) is 8.48. The van der Waals surface area contributed by atoms with Crippen molar-refractivity contribution in [2.75, 3.05) is 32.8 Å². The van der Waals surface area contributed by atoms with Gasteiger partial charge in [-0.1, -0.05) is 0 Å². The highest BCUT2D eigenvalue weighted by atomic mass is 32.2. The highest BCUT2D eigenvalue weighted by Crippen LogP contribution is 2.40. The minimum absolute atomic E-state index is 0.0101. The van der Waals surface area contributed by atoms with Gasteiger partial charge < -0.3 is 15.4 Å². The Morgan fingerprint density at radius 2 is 1.70 bits per heavy atom. The molecule has 3 aliphatic heterocycles. The summed E-state index contributed by atoms with van der Waals surface area (Å²) in [6.07, 6.45) is 2.85. The number of ether oxygens (including phenoxy) is 1. The number of amides is 1. The van der Waals surface area contributed by atoms with Crippen LogP contribution in [0.5, 0.6) is 0 Å². The Morgan fingerprint density at radius 1 is 1.09 bits per heavy atom. The van der Waals surface area contributed by atoms with E-state index in [1.165, 1.54) is 4.31 Å². The quantitative estimate of drug-likeness (QED) is 0.553. The number of nitrogens with one attached hydrogen (secondary N) is 1. The molecule has 3 saturated heterocycles. The van der Waals surface area contributed by atoms with Gasteiger partial charge in [-0.15, -0.1) is 0 Å². The average Bonchev–Trinajstić information content (AvgIpc) is 3.05. The summed E-state index contributed by atoms with van der Waals surface area (Å²) in [5.41, 5.74) is 6.35. The van der Waals surface area contributed by atoms with Crippen molar-refractivity contribution in [1.29, 1.82) is 0 Å². The summed E-state index contributed by atoms with van der Waals surface area (Å²) in [6.45, 7) is 0.819. The van der Waals surface area contributed by atoms with Crippen LogP contribution >= 0.6 is 0 Å². The maximum absolute atomic E-state index is 14.0. The van der Waals surface area contributed by atoms with Gasteiger partial charge in [0.15, 0.2) is 11.6 Å². The Labute approximate surface area is 191 Å². The van der Waals surface area contributed by atoms with Crippen molar-refractivity contribution < 1.29 is 31.1 Å². The minimum atomic E-state index is -3.76. The van der Waals surface area contributed by atoms with Crippen LogP contribution in [-0.2, 0) is 26.2 Å². The molecule has 0 aliphatic carbocycles. The van der Waals surface area contributed by atoms with Crippen molar-refractivity contribution in [2.45, 2.75) is 50.2 Å². The molecule has 4 atom stereocenters. The van der Waals surface area contributed by atoms with Crippen molar-refractivity contribution >= 4 is 16.1 Å². The predicted molar refractivity (Wildman–Crippen MR) is 114 cm³/mol. The van der Waals surface area contributed by atoms with Crippen LogP contribution in [0.4, 0.5) is 13.2 Å². The van der Waals surface area contributed by atoms with Crippen LogP contribution in [0.2, 0.25) is 0 Å². The van der Waals surface area contributed by atoms with Crippen molar-refractivity contribution in [3.05, 3.63) is 35.1 Å². The van der Waals surface area contributed by atoms with E-state index in [2.05, 4.69) is 4.72 Å². The lowest BCUT2D eigenvalue weighted by Crippen LogP contribution is -2.54. The molecule has 4 rings (SSSR count). The molecular formula is C21H29F3N4O4S. The number of piperidine rings is 1. The zero-order chi connectivity index (χ0) is 23.8. The maximum Gasteiger partial charge on any atom is 0.280 e. The molecule has 2 bridgehead atoms. The topological polar surface area (TPSA) is 105 Å². The molecule has 8 nitrogen and oxygen atoms in total. The third-order valence-electron chi connectivity index (χ3n) is 6.92. The lowest BCUT2D eigenvalue weighted by atomic mass is 9.82. The molecule has 184 valence electrons. The molecule has 0 radical (unpaired) electrons. The van der Waals surface area contributed by atoms with Crippen molar-refractivity contribution in [2.24, 2.45) is 11.7 Å². The summed E-state index contributed by atoms with van der Waals surface area (Å²) in [5.74, 6) is -3.47. The van der Waals surface area contributed by atoms with Gasteiger partial charge in [-0.3, -0.25) is 4.79 Å². The van der Waals surface area contributed by atoms with Gasteiger partial charge in [0, 0.05) is 37.3 Å². The van der Waals surface area contributed by atoms with Gasteiger partial charge in [0.25, 0.3) is 10.2 Å². The summed E-state index contributed by atoms with van der Waals surface area (Å²) in [7, 11) is -3.76. The van der Waals surface area contributed by atoms with Crippen molar-refractivity contribution in [1.82, 2.24) is 13.9 Å². The Morgan fingerprint density at radius 3 is 2.33 bits per heavy atom. The fourth-order valence-corrected chi connectivity index (χ4v) is 6.36. The number of carbonyl (C=O) groups excluding carboxylic acids is 1. The van der Waals surface area contributed by atoms with Gasteiger partial charge in [0.2, 0.25) is 5.91 Å². The van der Waals surface area contributed by atoms with E-state index in [0.29, 0.717) is 32.1 Å². The summed E-state index contributed by atoms with van der Waals surface area (Å²) < 4.78 is 74.4. The van der Waals surface area contributed by atoms with Crippen LogP contribution in [0.15, 0.2) is 12.1 Å². The number of carbonyl (C=O) groups is 1. The Balaban J connectivity index is 1.34. The summed E-state index contributed by atoms with van der Waals surface area (Å²) in [5, 5.41) is 0. The number of rotatable bonds is 7. The molecule has 1 unspecified atom stereocenters. The number of benzene rings is 1. The van der Waals surface area contributed by atoms with Crippen LogP contribution in [0.1, 0.15) is 31.2 Å². The van der Waals surface area contributed by atoms with Crippen LogP contribution in [-0.4, -0.2) is 74.5 Å². The van der Waals surface area contributed by atoms with E-state index >= 15 is 0 Å². The number of fused-ring (bicyclic) bond motifs is 2. The predicted octanol–water partition coefficient (Wildman–Crippen LogP) is 0.910. The summed E-state index contributed by atoms with van der Waals surface area (Å²) in [4.78, 5) is 14.6. The summed E-state index contributed by atoms with van der Waals surface area (Å²) >= 11 is 0. The number of hydrogen-bond acceptors (Lipinski definition) is 5. The number of morpholine rings is 1. The normalized spacial score (nSPS) is 27.0. The van der Waals surface area contributed by atoms with E-state index < -0.39 is 33.7 Å². The number of hydrogen-bond donors (Lipinski definition) is 2. The van der Waals surface area contributed by atoms with Crippen LogP contribution in [0, 0.1) is 23.4 Å². The number of nitrogens with zero attached hydrogens (tertiary/aromatic N) is 2. The van der Waals surface area contributed by atoms with E-state index in [9.17, 15) is 26.4 Å². The largest absolute Gasteiger partial charge is 0.379 e. The zero-order valence-electron chi connectivity index (χ0n) is 18.2. The van der Waals surface area contributed by atoms with Crippen molar-refractivity contribution in [3.8, 4) is 0 Å². The van der Waals surface area contributed by atoms with E-state index in [1.54, 1.807) is 4.90 Å². The lowest BCUT2D eigenvalue weighted by molar-refractivity contribution is -0.135. The van der Waals surface area contributed by atoms with Crippen LogP contribution in [0.25, 0.3) is 0 Å². The van der Waals surface area contributed by atoms with Crippen LogP contribution in [0.3, 0.4) is 0 Å². The first-order valence-electron chi connectivity index (χ1n) is 11.2. The van der Waals surface area contributed by atoms with E-state index in [-0.39, 0.29) is 55.5 Å². The van der Waals surface area contributed by atoms with Gasteiger partial charge >= 0.3 is 0 Å². The maximum atomic E-state index is 14.0. The molecule has 33 heavy (non-hydrogen) atoms. The molecule has 1 aromatic rings. The smallest absolute Gasteiger partial charge is 0.280 e. The number of halogens is 3. The Hall–Kier alpha value is -1.73. The number of nitrogens with two attached hydrogens (primary N) is 1. The highest BCUT2D eigenvalue weighted by molar-refractivity contribution is 7.87. The van der Waals surface area contributed by atoms with Gasteiger partial charge in [-0.2, -0.15) is 17.4 Å². The van der Waals surface area contributed by atoms with E-state index in [1.807, 2.05) is 0 Å². The monoisotopic (exact) mass is 490 g/mol. The third kappa shape index (κ3) is 5.35. The molecule has 1 aromatic carbocycles. The molecule has 12 heteroatoms. The van der Waals surface area contributed by atoms with E-state index in [0.717, 1.165) is 18.9 Å². The highest BCUT2D eigenvalue weighted by Gasteiger charge is 2.44. The molecule has 0 spiro atoms. The Kier molecular flexibility index (Phi) is 7.29. The van der Waals surface area contributed by atoms with Crippen molar-refractivity contribution in [3.63, 3.8) is 0 Å². The molecule has 3 heterocycles. The average molecular weight is 491 g/mol. The van der Waals surface area contributed by atoms with E-state index in [4.69, 9.17) is 10.5 Å². The summed E-state index contributed by atoms with van der Waals surface area (Å²) in [6, 6.07) is 0.758. The standard InChI is InChI=1S/C21H29F3N4O4S/c22-17-11-19(24)18(23)9-13(17)10-20(25)14-7-15-1-2-16(8-14)28(15)21(29)12-26-33(30,31)27-3-5-32-6-4-27/h9,11,14-16,20,26H,1-8,10,12,25H2/t14?,15-,16+,20-/m1/s1. The fourth-order valence-electron chi connectivity index (χ4n) is 5.24. The lowest BCUT2D eigenvalue weighted by Gasteiger charge is -2.41. The zero-order valence-corrected chi connectivity index (χ0v) is 19.0. The first-order valence-corrected chi connectivity index (χ1v) is 12.6. The molecular weight excluding hydrogens is 461 g/mol. The molecule has 3 aliphatic rings. The van der Waals surface area contributed by atoms with Gasteiger partial charge in [-0.05, 0) is 49.7 Å². The molecule has 0 aromatic heterocycles. The van der Waals surface area contributed by atoms with Gasteiger partial charge in [0.1, 0.15) is 5.82 Å². The minimum Gasteiger partial charge on any atom is -0.379 e. The first-order chi connectivity index (χ1) is 15.7. The SMILES string of the molecule is N[C@H](Cc1cc(F)c(F)cc1F)C1C[C@H]2CC[C@@H](C1)N2C(=O)CNS(=O)(=O)N1CCOCC1. The molecule has 1 amide bonds. The molecule has 3 fully saturated rings. The second-order valence-corrected chi connectivity index (χ2v) is 10.7.